The average molecular weight is 463 g/mol. The van der Waals surface area contributed by atoms with Crippen LogP contribution in [0.4, 0.5) is 5.69 Å². The van der Waals surface area contributed by atoms with Gasteiger partial charge in [-0.25, -0.2) is 8.42 Å². The summed E-state index contributed by atoms with van der Waals surface area (Å²) in [6.07, 6.45) is 4.04. The molecule has 31 heavy (non-hydrogen) atoms. The molecule has 0 saturated carbocycles. The third kappa shape index (κ3) is 4.76. The van der Waals surface area contributed by atoms with Gasteiger partial charge in [0, 0.05) is 17.3 Å². The summed E-state index contributed by atoms with van der Waals surface area (Å²) >= 11 is 5.84. The second-order valence-electron chi connectivity index (χ2n) is 7.72. The first-order valence-electron chi connectivity index (χ1n) is 10.2. The van der Waals surface area contributed by atoms with E-state index in [0.29, 0.717) is 23.6 Å². The normalized spacial score (nSPS) is 18.5. The second kappa shape index (κ2) is 8.98. The number of rotatable bonds is 6. The lowest BCUT2D eigenvalue weighted by atomic mass is 10.1. The zero-order chi connectivity index (χ0) is 22.0. The number of esters is 1. The van der Waals surface area contributed by atoms with Crippen LogP contribution in [0.1, 0.15) is 30.4 Å². The lowest BCUT2D eigenvalue weighted by Gasteiger charge is -2.22. The van der Waals surface area contributed by atoms with Crippen molar-refractivity contribution in [3.05, 3.63) is 58.6 Å². The summed E-state index contributed by atoms with van der Waals surface area (Å²) in [4.78, 5) is 24.9. The Bertz CT molecular complexity index is 1100. The summed E-state index contributed by atoms with van der Waals surface area (Å²) in [5.41, 5.74) is 3.19. The summed E-state index contributed by atoms with van der Waals surface area (Å²) in [5, 5.41) is 3.15. The molecular formula is C22H23ClN2O5S. The number of nitrogens with zero attached hydrogens (tertiary/aromatic N) is 1. The Morgan fingerprint density at radius 2 is 1.81 bits per heavy atom. The molecule has 1 aliphatic carbocycles. The van der Waals surface area contributed by atoms with Crippen LogP contribution in [-0.4, -0.2) is 43.8 Å². The number of carbonyl (C=O) groups is 2. The second-order valence-corrected chi connectivity index (χ2v) is 10.0. The van der Waals surface area contributed by atoms with E-state index in [1.807, 2.05) is 18.2 Å². The Balaban J connectivity index is 1.36. The number of nitrogens with one attached hydrogen (secondary N) is 1. The maximum atomic E-state index is 12.9. The summed E-state index contributed by atoms with van der Waals surface area (Å²) in [6, 6.07) is 10.6. The fourth-order valence-corrected chi connectivity index (χ4v) is 5.86. The van der Waals surface area contributed by atoms with Gasteiger partial charge in [-0.15, -0.1) is 0 Å². The highest BCUT2D eigenvalue weighted by Gasteiger charge is 2.40. The quantitative estimate of drug-likeness (QED) is 0.665. The molecule has 0 bridgehead atoms. The molecule has 9 heteroatoms. The number of ether oxygens (including phenoxy) is 1. The highest BCUT2D eigenvalue weighted by molar-refractivity contribution is 7.89. The first-order valence-corrected chi connectivity index (χ1v) is 12.0. The van der Waals surface area contributed by atoms with Crippen LogP contribution in [0.5, 0.6) is 0 Å². The van der Waals surface area contributed by atoms with Crippen molar-refractivity contribution in [1.82, 2.24) is 4.31 Å². The van der Waals surface area contributed by atoms with Crippen molar-refractivity contribution in [2.45, 2.75) is 43.0 Å². The fourth-order valence-electron chi connectivity index (χ4n) is 4.08. The summed E-state index contributed by atoms with van der Waals surface area (Å²) < 4.78 is 32.1. The van der Waals surface area contributed by atoms with Crippen molar-refractivity contribution < 1.29 is 22.7 Å². The van der Waals surface area contributed by atoms with Gasteiger partial charge in [-0.05, 0) is 79.6 Å². The van der Waals surface area contributed by atoms with Gasteiger partial charge in [-0.2, -0.15) is 4.31 Å². The Morgan fingerprint density at radius 1 is 1.06 bits per heavy atom. The van der Waals surface area contributed by atoms with Crippen LogP contribution in [-0.2, 0) is 37.2 Å². The first-order chi connectivity index (χ1) is 14.8. The largest absolute Gasteiger partial charge is 0.454 e. The standard InChI is InChI=1S/C22H23ClN2O5S/c23-17-7-10-19(11-8-17)31(28,29)25-12-2-5-20(25)22(27)30-14-21(26)24-18-9-6-15-3-1-4-16(15)13-18/h6-11,13,20H,1-5,12,14H2,(H,24,26). The highest BCUT2D eigenvalue weighted by Crippen LogP contribution is 2.28. The van der Waals surface area contributed by atoms with Gasteiger partial charge in [0.25, 0.3) is 5.91 Å². The molecule has 1 heterocycles. The van der Waals surface area contributed by atoms with Crippen LogP contribution >= 0.6 is 11.6 Å². The predicted octanol–water partition coefficient (Wildman–Crippen LogP) is 3.16. The van der Waals surface area contributed by atoms with Gasteiger partial charge in [0.15, 0.2) is 6.61 Å². The zero-order valence-corrected chi connectivity index (χ0v) is 18.4. The molecule has 1 amide bonds. The summed E-state index contributed by atoms with van der Waals surface area (Å²) in [7, 11) is -3.87. The molecule has 4 rings (SSSR count). The van der Waals surface area contributed by atoms with E-state index in [9.17, 15) is 18.0 Å². The van der Waals surface area contributed by atoms with Gasteiger partial charge in [0.1, 0.15) is 6.04 Å². The number of hydrogen-bond donors (Lipinski definition) is 1. The van der Waals surface area contributed by atoms with Crippen molar-refractivity contribution in [1.29, 1.82) is 0 Å². The molecule has 0 radical (unpaired) electrons. The Morgan fingerprint density at radius 3 is 2.58 bits per heavy atom. The van der Waals surface area contributed by atoms with E-state index in [1.54, 1.807) is 0 Å². The molecule has 1 fully saturated rings. The van der Waals surface area contributed by atoms with E-state index in [4.69, 9.17) is 16.3 Å². The molecule has 7 nitrogen and oxygen atoms in total. The third-order valence-corrected chi connectivity index (χ3v) is 7.80. The van der Waals surface area contributed by atoms with Crippen LogP contribution in [0.3, 0.4) is 0 Å². The number of carbonyl (C=O) groups excluding carboxylic acids is 2. The van der Waals surface area contributed by atoms with Crippen molar-refractivity contribution in [3.63, 3.8) is 0 Å². The first kappa shape index (κ1) is 21.8. The van der Waals surface area contributed by atoms with E-state index in [-0.39, 0.29) is 11.4 Å². The van der Waals surface area contributed by atoms with Crippen LogP contribution in [0.2, 0.25) is 5.02 Å². The number of halogens is 1. The number of amides is 1. The van der Waals surface area contributed by atoms with E-state index in [1.165, 1.54) is 35.4 Å². The van der Waals surface area contributed by atoms with Gasteiger partial charge >= 0.3 is 5.97 Å². The Hall–Kier alpha value is -2.42. The molecular weight excluding hydrogens is 440 g/mol. The lowest BCUT2D eigenvalue weighted by Crippen LogP contribution is -2.42. The van der Waals surface area contributed by atoms with Crippen LogP contribution in [0.15, 0.2) is 47.4 Å². The number of aryl methyl sites for hydroxylation is 2. The molecule has 2 aliphatic rings. The SMILES string of the molecule is O=C(COC(=O)C1CCCN1S(=O)(=O)c1ccc(Cl)cc1)Nc1ccc2c(c1)CCC2. The van der Waals surface area contributed by atoms with Gasteiger partial charge in [-0.3, -0.25) is 9.59 Å². The predicted molar refractivity (Wildman–Crippen MR) is 116 cm³/mol. The number of benzene rings is 2. The average Bonchev–Trinajstić information content (AvgIpc) is 3.42. The van der Waals surface area contributed by atoms with Crippen LogP contribution in [0.25, 0.3) is 0 Å². The number of fused-ring (bicyclic) bond motifs is 1. The maximum absolute atomic E-state index is 12.9. The van der Waals surface area contributed by atoms with Crippen molar-refractivity contribution >= 4 is 39.2 Å². The highest BCUT2D eigenvalue weighted by atomic mass is 35.5. The smallest absolute Gasteiger partial charge is 0.324 e. The molecule has 1 atom stereocenters. The van der Waals surface area contributed by atoms with E-state index >= 15 is 0 Å². The number of hydrogen-bond acceptors (Lipinski definition) is 5. The minimum absolute atomic E-state index is 0.0611. The number of sulfonamides is 1. The van der Waals surface area contributed by atoms with Crippen molar-refractivity contribution in [2.75, 3.05) is 18.5 Å². The summed E-state index contributed by atoms with van der Waals surface area (Å²) in [6.45, 7) is -0.257. The van der Waals surface area contributed by atoms with E-state index in [2.05, 4.69) is 5.32 Å². The third-order valence-electron chi connectivity index (χ3n) is 5.62. The molecule has 1 unspecified atom stereocenters. The van der Waals surface area contributed by atoms with Crippen LogP contribution in [0, 0.1) is 0 Å². The van der Waals surface area contributed by atoms with Gasteiger partial charge in [0.05, 0.1) is 4.90 Å². The molecule has 0 spiro atoms. The minimum Gasteiger partial charge on any atom is -0.454 e. The molecule has 1 aliphatic heterocycles. The number of anilines is 1. The van der Waals surface area contributed by atoms with Crippen molar-refractivity contribution in [3.8, 4) is 0 Å². The van der Waals surface area contributed by atoms with Gasteiger partial charge in [-0.1, -0.05) is 17.7 Å². The molecule has 2 aromatic rings. The Kier molecular flexibility index (Phi) is 6.31. The van der Waals surface area contributed by atoms with E-state index in [0.717, 1.165) is 23.6 Å². The minimum atomic E-state index is -3.87. The van der Waals surface area contributed by atoms with Gasteiger partial charge in [0.2, 0.25) is 10.0 Å². The molecule has 1 saturated heterocycles. The fraction of sp³-hybridized carbons (Fsp3) is 0.364. The summed E-state index contributed by atoms with van der Waals surface area (Å²) in [5.74, 6) is -1.18. The van der Waals surface area contributed by atoms with Crippen molar-refractivity contribution in [2.24, 2.45) is 0 Å². The molecule has 2 aromatic carbocycles. The zero-order valence-electron chi connectivity index (χ0n) is 16.8. The topological polar surface area (TPSA) is 92.8 Å². The Labute approximate surface area is 186 Å². The molecule has 164 valence electrons. The van der Waals surface area contributed by atoms with Crippen LogP contribution < -0.4 is 5.32 Å². The van der Waals surface area contributed by atoms with E-state index < -0.39 is 34.5 Å². The van der Waals surface area contributed by atoms with Gasteiger partial charge < -0.3 is 10.1 Å². The maximum Gasteiger partial charge on any atom is 0.324 e. The monoisotopic (exact) mass is 462 g/mol. The molecule has 0 aromatic heterocycles. The lowest BCUT2D eigenvalue weighted by molar-refractivity contribution is -0.150. The molecule has 1 N–H and O–H groups in total.